The van der Waals surface area contributed by atoms with Crippen LogP contribution in [0.25, 0.3) is 11.3 Å². The number of amides is 2. The van der Waals surface area contributed by atoms with Gasteiger partial charge >= 0.3 is 6.09 Å². The molecule has 0 saturated carbocycles. The second kappa shape index (κ2) is 10.3. The zero-order valence-electron chi connectivity index (χ0n) is 24.2. The molecule has 1 N–H and O–H groups in total. The van der Waals surface area contributed by atoms with E-state index in [0.717, 1.165) is 0 Å². The Kier molecular flexibility index (Phi) is 7.25. The van der Waals surface area contributed by atoms with Gasteiger partial charge in [-0.2, -0.15) is 0 Å². The van der Waals surface area contributed by atoms with Gasteiger partial charge < -0.3 is 34.0 Å². The van der Waals surface area contributed by atoms with Crippen LogP contribution in [0.4, 0.5) is 19.4 Å². The number of aliphatic hydroxyl groups excluding tert-OH is 1. The average Bonchev–Trinajstić information content (AvgIpc) is 3.08. The number of β-amino-alcohol motifs (C(OH)–C–C–N with tert-alkyl or cyclic N) is 1. The maximum Gasteiger partial charge on any atom is 0.410 e. The van der Waals surface area contributed by atoms with Gasteiger partial charge in [0.2, 0.25) is 0 Å². The van der Waals surface area contributed by atoms with Crippen LogP contribution in [-0.2, 0) is 4.74 Å². The summed E-state index contributed by atoms with van der Waals surface area (Å²) in [5.41, 5.74) is -2.02. The van der Waals surface area contributed by atoms with Crippen molar-refractivity contribution in [1.29, 1.82) is 0 Å². The van der Waals surface area contributed by atoms with Crippen LogP contribution in [0.3, 0.4) is 0 Å². The number of piperazine rings is 1. The number of pyridine rings is 1. The lowest BCUT2D eigenvalue weighted by atomic mass is 9.99. The molecular weight excluding hydrogens is 538 g/mol. The number of hydrogen-bond donors (Lipinski definition) is 1. The second-order valence-electron chi connectivity index (χ2n) is 12.3. The van der Waals surface area contributed by atoms with E-state index >= 15 is 8.78 Å². The predicted molar refractivity (Wildman–Crippen MR) is 146 cm³/mol. The number of ether oxygens (including phenoxy) is 3. The van der Waals surface area contributed by atoms with Crippen molar-refractivity contribution in [2.75, 3.05) is 44.8 Å². The topological polar surface area (TPSA) is 105 Å². The number of benzene rings is 1. The number of hydrogen-bond acceptors (Lipinski definition) is 8. The number of fused-ring (bicyclic) bond motifs is 2. The number of carbonyl (C=O) groups excluding carboxylic acids is 2. The summed E-state index contributed by atoms with van der Waals surface area (Å²) in [5, 5.41) is 10.5. The van der Waals surface area contributed by atoms with Crippen molar-refractivity contribution in [2.24, 2.45) is 0 Å². The normalized spacial score (nSPS) is 22.1. The highest BCUT2D eigenvalue weighted by Crippen LogP contribution is 2.45. The zero-order chi connectivity index (χ0) is 29.9. The Bertz CT molecular complexity index is 1380. The summed E-state index contributed by atoms with van der Waals surface area (Å²) in [6.45, 7) is 9.61. The molecule has 0 bridgehead atoms. The molecule has 0 radical (unpaired) electrons. The van der Waals surface area contributed by atoms with Crippen LogP contribution in [0.15, 0.2) is 18.2 Å². The molecule has 1 aromatic carbocycles. The van der Waals surface area contributed by atoms with Gasteiger partial charge in [0.05, 0.1) is 24.8 Å². The Morgan fingerprint density at radius 3 is 2.54 bits per heavy atom. The van der Waals surface area contributed by atoms with Crippen molar-refractivity contribution in [3.63, 3.8) is 0 Å². The third kappa shape index (κ3) is 5.25. The molecule has 2 saturated heterocycles. The van der Waals surface area contributed by atoms with Gasteiger partial charge in [0.1, 0.15) is 40.8 Å². The fourth-order valence-corrected chi connectivity index (χ4v) is 5.79. The number of aliphatic hydroxyl groups is 1. The van der Waals surface area contributed by atoms with Gasteiger partial charge in [-0.3, -0.25) is 4.79 Å². The van der Waals surface area contributed by atoms with E-state index in [4.69, 9.17) is 14.2 Å². The molecule has 4 heterocycles. The summed E-state index contributed by atoms with van der Waals surface area (Å²) in [6.07, 6.45) is -0.849. The van der Waals surface area contributed by atoms with E-state index in [1.807, 2.05) is 13.8 Å². The van der Waals surface area contributed by atoms with E-state index in [0.29, 0.717) is 6.42 Å². The summed E-state index contributed by atoms with van der Waals surface area (Å²) in [7, 11) is 1.34. The summed E-state index contributed by atoms with van der Waals surface area (Å²) >= 11 is 0. The molecule has 1 aromatic heterocycles. The van der Waals surface area contributed by atoms with Gasteiger partial charge in [-0.25, -0.2) is 18.6 Å². The summed E-state index contributed by atoms with van der Waals surface area (Å²) in [4.78, 5) is 36.3. The van der Waals surface area contributed by atoms with Crippen LogP contribution in [0.1, 0.15) is 51.4 Å². The van der Waals surface area contributed by atoms with Crippen molar-refractivity contribution in [3.8, 4) is 22.8 Å². The van der Waals surface area contributed by atoms with Gasteiger partial charge in [-0.15, -0.1) is 0 Å². The van der Waals surface area contributed by atoms with Gasteiger partial charge in [0, 0.05) is 31.7 Å². The Balaban J connectivity index is 1.63. The Morgan fingerprint density at radius 2 is 1.90 bits per heavy atom. The highest BCUT2D eigenvalue weighted by Gasteiger charge is 2.46. The van der Waals surface area contributed by atoms with E-state index in [2.05, 4.69) is 4.98 Å². The lowest BCUT2D eigenvalue weighted by Gasteiger charge is -2.40. The zero-order valence-corrected chi connectivity index (χ0v) is 24.2. The third-order valence-electron chi connectivity index (χ3n) is 7.65. The largest absolute Gasteiger partial charge is 0.496 e. The summed E-state index contributed by atoms with van der Waals surface area (Å²) in [6, 6.07) is 3.51. The number of methoxy groups -OCH3 is 1. The van der Waals surface area contributed by atoms with E-state index < -0.39 is 46.9 Å². The SMILES string of the molecule is COc1cccc(F)c1-c1nc(N2C[C@@H](O)CC2(C)C)c2c(c1F)OC[C@H]1CN(C(=O)OC(C)(C)C)CCN1C2=O. The molecule has 2 atom stereocenters. The average molecular weight is 575 g/mol. The number of halogens is 2. The van der Waals surface area contributed by atoms with Crippen molar-refractivity contribution < 1.29 is 37.7 Å². The number of rotatable bonds is 3. The van der Waals surface area contributed by atoms with Crippen LogP contribution in [0, 0.1) is 11.6 Å². The van der Waals surface area contributed by atoms with E-state index in [-0.39, 0.29) is 66.9 Å². The first-order valence-corrected chi connectivity index (χ1v) is 13.7. The minimum atomic E-state index is -0.998. The Labute approximate surface area is 237 Å². The van der Waals surface area contributed by atoms with Gasteiger partial charge in [0.15, 0.2) is 11.6 Å². The molecule has 222 valence electrons. The highest BCUT2D eigenvalue weighted by molar-refractivity contribution is 6.03. The van der Waals surface area contributed by atoms with Crippen molar-refractivity contribution >= 4 is 17.8 Å². The molecule has 12 heteroatoms. The first-order chi connectivity index (χ1) is 19.2. The van der Waals surface area contributed by atoms with Crippen LogP contribution < -0.4 is 14.4 Å². The molecule has 2 aromatic rings. The Hall–Kier alpha value is -3.67. The minimum Gasteiger partial charge on any atom is -0.496 e. The van der Waals surface area contributed by atoms with Crippen LogP contribution in [0.5, 0.6) is 11.5 Å². The first kappa shape index (κ1) is 28.8. The molecular formula is C29H36F2N4O6. The van der Waals surface area contributed by atoms with Crippen LogP contribution in [-0.4, -0.2) is 95.1 Å². The minimum absolute atomic E-state index is 0.0633. The molecule has 2 amide bonds. The molecule has 3 aliphatic rings. The van der Waals surface area contributed by atoms with Gasteiger partial charge in [-0.05, 0) is 53.2 Å². The second-order valence-corrected chi connectivity index (χ2v) is 12.3. The molecule has 0 unspecified atom stereocenters. The Morgan fingerprint density at radius 1 is 1.17 bits per heavy atom. The summed E-state index contributed by atoms with van der Waals surface area (Å²) in [5.74, 6) is -2.47. The summed E-state index contributed by atoms with van der Waals surface area (Å²) < 4.78 is 48.4. The number of nitrogens with zero attached hydrogens (tertiary/aromatic N) is 4. The molecule has 41 heavy (non-hydrogen) atoms. The fraction of sp³-hybridized carbons (Fsp3) is 0.552. The molecule has 0 aliphatic carbocycles. The monoisotopic (exact) mass is 574 g/mol. The van der Waals surface area contributed by atoms with E-state index in [1.165, 1.54) is 30.2 Å². The van der Waals surface area contributed by atoms with Crippen molar-refractivity contribution in [3.05, 3.63) is 35.4 Å². The first-order valence-electron chi connectivity index (χ1n) is 13.7. The molecule has 2 fully saturated rings. The lowest BCUT2D eigenvalue weighted by molar-refractivity contribution is 0.000864. The van der Waals surface area contributed by atoms with E-state index in [1.54, 1.807) is 30.6 Å². The van der Waals surface area contributed by atoms with E-state index in [9.17, 15) is 14.7 Å². The number of aromatic nitrogens is 1. The van der Waals surface area contributed by atoms with Gasteiger partial charge in [-0.1, -0.05) is 6.07 Å². The van der Waals surface area contributed by atoms with Gasteiger partial charge in [0.25, 0.3) is 5.91 Å². The fourth-order valence-electron chi connectivity index (χ4n) is 5.79. The highest BCUT2D eigenvalue weighted by atomic mass is 19.1. The third-order valence-corrected chi connectivity index (χ3v) is 7.65. The van der Waals surface area contributed by atoms with Crippen molar-refractivity contribution in [1.82, 2.24) is 14.8 Å². The molecule has 5 rings (SSSR count). The lowest BCUT2D eigenvalue weighted by Crippen LogP contribution is -2.58. The standard InChI is InChI=1S/C29H36F2N4O6/c1-28(2,3)41-27(38)33-10-11-34-16(13-33)15-40-24-21(26(34)37)25(35-14-17(36)12-29(35,4)5)32-23(22(24)31)20-18(30)8-7-9-19(20)39-6/h7-9,16-17,36H,10-15H2,1-6H3/t16-,17+/m1/s1. The maximum atomic E-state index is 16.4. The quantitative estimate of drug-likeness (QED) is 0.590. The maximum absolute atomic E-state index is 16.4. The van der Waals surface area contributed by atoms with Crippen molar-refractivity contribution in [2.45, 2.75) is 64.3 Å². The van der Waals surface area contributed by atoms with Crippen LogP contribution in [0.2, 0.25) is 0 Å². The number of anilines is 1. The molecule has 3 aliphatic heterocycles. The molecule has 10 nitrogen and oxygen atoms in total. The predicted octanol–water partition coefficient (Wildman–Crippen LogP) is 3.84. The van der Waals surface area contributed by atoms with Crippen LogP contribution >= 0.6 is 0 Å². The number of carbonyl (C=O) groups is 2. The smallest absolute Gasteiger partial charge is 0.410 e. The molecule has 0 spiro atoms.